The van der Waals surface area contributed by atoms with Crippen LogP contribution in [0.1, 0.15) is 23.9 Å². The molecule has 0 N–H and O–H groups in total. The normalized spacial score (nSPS) is 13.5. The largest absolute Gasteiger partial charge is 1.00 e. The van der Waals surface area contributed by atoms with Gasteiger partial charge in [0, 0.05) is 24.8 Å². The van der Waals surface area contributed by atoms with Crippen molar-refractivity contribution in [3.05, 3.63) is 58.8 Å². The van der Waals surface area contributed by atoms with Crippen molar-refractivity contribution in [3.63, 3.8) is 0 Å². The van der Waals surface area contributed by atoms with Crippen molar-refractivity contribution in [2.75, 3.05) is 24.6 Å². The molecule has 152 valence electrons. The molecule has 0 unspecified atom stereocenters. The Morgan fingerprint density at radius 3 is 2.63 bits per heavy atom. The molecule has 1 saturated heterocycles. The van der Waals surface area contributed by atoms with Crippen LogP contribution in [0.3, 0.4) is 0 Å². The fourth-order valence-corrected chi connectivity index (χ4v) is 4.12. The van der Waals surface area contributed by atoms with Crippen molar-refractivity contribution in [3.8, 4) is 5.75 Å². The van der Waals surface area contributed by atoms with Gasteiger partial charge in [-0.05, 0) is 37.6 Å². The molecule has 1 aromatic heterocycles. The third kappa shape index (κ3) is 4.34. The molecule has 2 heterocycles. The van der Waals surface area contributed by atoms with Gasteiger partial charge in [-0.15, -0.1) is 0 Å². The van der Waals surface area contributed by atoms with Crippen molar-refractivity contribution in [1.29, 1.82) is 0 Å². The zero-order valence-electron chi connectivity index (χ0n) is 16.6. The summed E-state index contributed by atoms with van der Waals surface area (Å²) in [6.45, 7) is 3.61. The molecule has 30 heavy (non-hydrogen) atoms. The molecular weight excluding hydrogens is 422 g/mol. The number of carbonyl (C=O) groups excluding carboxylic acids is 1. The number of para-hydroxylation sites is 1. The van der Waals surface area contributed by atoms with E-state index in [1.54, 1.807) is 19.1 Å². The minimum atomic E-state index is -4.34. The number of anilines is 1. The van der Waals surface area contributed by atoms with Crippen LogP contribution in [-0.2, 0) is 10.0 Å². The molecule has 0 bridgehead atoms. The minimum absolute atomic E-state index is 0. The SMILES string of the molecule is CCOc1ccccc1S(=O)(=O)[N-]C(=O)c1cc2c(F)cc(N3CCC3)cc2o1.[Na+]. The van der Waals surface area contributed by atoms with E-state index in [2.05, 4.69) is 4.72 Å². The van der Waals surface area contributed by atoms with E-state index in [1.165, 1.54) is 30.3 Å². The van der Waals surface area contributed by atoms with Crippen LogP contribution in [0.2, 0.25) is 0 Å². The quantitative estimate of drug-likeness (QED) is 0.533. The zero-order chi connectivity index (χ0) is 20.6. The number of amides is 1. The first-order chi connectivity index (χ1) is 13.9. The summed E-state index contributed by atoms with van der Waals surface area (Å²) in [7, 11) is -4.34. The van der Waals surface area contributed by atoms with Crippen LogP contribution in [0.25, 0.3) is 15.7 Å². The summed E-state index contributed by atoms with van der Waals surface area (Å²) >= 11 is 0. The molecular formula is C20H18FN2NaO5S. The van der Waals surface area contributed by atoms with E-state index in [4.69, 9.17) is 9.15 Å². The molecule has 0 spiro atoms. The van der Waals surface area contributed by atoms with Crippen LogP contribution >= 0.6 is 0 Å². The van der Waals surface area contributed by atoms with Crippen molar-refractivity contribution in [2.45, 2.75) is 18.2 Å². The smallest absolute Gasteiger partial charge is 0.535 e. The molecule has 2 aromatic carbocycles. The van der Waals surface area contributed by atoms with E-state index in [0.29, 0.717) is 5.69 Å². The minimum Gasteiger partial charge on any atom is -0.535 e. The average Bonchev–Trinajstić information content (AvgIpc) is 3.06. The Morgan fingerprint density at radius 1 is 1.23 bits per heavy atom. The average molecular weight is 440 g/mol. The number of fused-ring (bicyclic) bond motifs is 1. The van der Waals surface area contributed by atoms with Crippen molar-refractivity contribution >= 4 is 32.6 Å². The zero-order valence-corrected chi connectivity index (χ0v) is 19.4. The molecule has 1 aliphatic rings. The first-order valence-electron chi connectivity index (χ1n) is 9.11. The molecule has 1 fully saturated rings. The van der Waals surface area contributed by atoms with Gasteiger partial charge in [0.25, 0.3) is 0 Å². The van der Waals surface area contributed by atoms with Crippen molar-refractivity contribution < 1.29 is 56.3 Å². The van der Waals surface area contributed by atoms with E-state index in [-0.39, 0.29) is 63.5 Å². The Hall–Kier alpha value is -2.07. The van der Waals surface area contributed by atoms with Crippen LogP contribution < -0.4 is 39.2 Å². The molecule has 10 heteroatoms. The molecule has 0 atom stereocenters. The third-order valence-electron chi connectivity index (χ3n) is 4.63. The number of benzene rings is 2. The fourth-order valence-electron chi connectivity index (χ4n) is 3.09. The number of hydrogen-bond acceptors (Lipinski definition) is 6. The van der Waals surface area contributed by atoms with Gasteiger partial charge in [0.1, 0.15) is 33.1 Å². The second-order valence-electron chi connectivity index (χ2n) is 6.54. The number of sulfonamides is 1. The Kier molecular flexibility index (Phi) is 6.76. The molecule has 1 amide bonds. The van der Waals surface area contributed by atoms with Crippen LogP contribution in [-0.4, -0.2) is 34.0 Å². The maximum absolute atomic E-state index is 14.4. The predicted octanol–water partition coefficient (Wildman–Crippen LogP) is 1.09. The first-order valence-corrected chi connectivity index (χ1v) is 10.6. The van der Waals surface area contributed by atoms with Crippen LogP contribution in [0.4, 0.5) is 10.1 Å². The number of nitrogens with zero attached hydrogens (tertiary/aromatic N) is 2. The summed E-state index contributed by atoms with van der Waals surface area (Å²) in [4.78, 5) is 14.2. The van der Waals surface area contributed by atoms with Gasteiger partial charge in [0.15, 0.2) is 5.76 Å². The Labute approximate surface area is 195 Å². The number of carbonyl (C=O) groups is 1. The summed E-state index contributed by atoms with van der Waals surface area (Å²) in [6, 6.07) is 10.1. The van der Waals surface area contributed by atoms with Gasteiger partial charge in [0.05, 0.1) is 16.9 Å². The van der Waals surface area contributed by atoms with Gasteiger partial charge < -0.3 is 23.6 Å². The molecule has 4 rings (SSSR count). The summed E-state index contributed by atoms with van der Waals surface area (Å²) in [5.41, 5.74) is 0.822. The van der Waals surface area contributed by atoms with Gasteiger partial charge >= 0.3 is 29.6 Å². The molecule has 7 nitrogen and oxygen atoms in total. The van der Waals surface area contributed by atoms with Gasteiger partial charge in [-0.2, -0.15) is 0 Å². The molecule has 0 aliphatic carbocycles. The molecule has 0 saturated carbocycles. The number of halogens is 1. The number of ether oxygens (including phenoxy) is 1. The Balaban J connectivity index is 0.00000256. The standard InChI is InChI=1S/C20H19FN2O5S.Na/c1-2-27-16-6-3-4-7-19(16)29(25,26)22-20(24)18-12-14-15(21)10-13(11-17(14)28-18)23-8-5-9-23;/h3-4,6-7,10-12H,2,5,8-9H2,1H3,(H,22,24);/q;+1/p-1. The van der Waals surface area contributed by atoms with E-state index in [0.717, 1.165) is 19.5 Å². The van der Waals surface area contributed by atoms with Crippen molar-refractivity contribution in [1.82, 2.24) is 0 Å². The second-order valence-corrected chi connectivity index (χ2v) is 8.11. The van der Waals surface area contributed by atoms with Crippen LogP contribution in [0.15, 0.2) is 51.8 Å². The molecule has 0 radical (unpaired) electrons. The molecule has 3 aromatic rings. The Bertz CT molecular complexity index is 1190. The van der Waals surface area contributed by atoms with Gasteiger partial charge in [-0.25, -0.2) is 12.8 Å². The van der Waals surface area contributed by atoms with E-state index < -0.39 is 21.7 Å². The number of furan rings is 1. The van der Waals surface area contributed by atoms with Gasteiger partial charge in [0.2, 0.25) is 0 Å². The van der Waals surface area contributed by atoms with Crippen LogP contribution in [0, 0.1) is 5.82 Å². The summed E-state index contributed by atoms with van der Waals surface area (Å²) in [6.07, 6.45) is 1.03. The first kappa shape index (κ1) is 22.6. The predicted molar refractivity (Wildman–Crippen MR) is 105 cm³/mol. The van der Waals surface area contributed by atoms with E-state index >= 15 is 0 Å². The number of rotatable bonds is 6. The summed E-state index contributed by atoms with van der Waals surface area (Å²) < 4.78 is 53.7. The van der Waals surface area contributed by atoms with Gasteiger partial charge in [-0.1, -0.05) is 12.1 Å². The fraction of sp³-hybridized carbons (Fsp3) is 0.250. The topological polar surface area (TPSA) is 90.9 Å². The monoisotopic (exact) mass is 440 g/mol. The summed E-state index contributed by atoms with van der Waals surface area (Å²) in [5, 5.41) is 0.0972. The van der Waals surface area contributed by atoms with E-state index in [9.17, 15) is 17.6 Å². The van der Waals surface area contributed by atoms with E-state index in [1.807, 2.05) is 4.90 Å². The van der Waals surface area contributed by atoms with Crippen molar-refractivity contribution in [2.24, 2.45) is 0 Å². The molecule has 1 aliphatic heterocycles. The Morgan fingerprint density at radius 2 is 1.97 bits per heavy atom. The van der Waals surface area contributed by atoms with Crippen LogP contribution in [0.5, 0.6) is 5.75 Å². The maximum atomic E-state index is 14.4. The third-order valence-corrected chi connectivity index (χ3v) is 5.93. The summed E-state index contributed by atoms with van der Waals surface area (Å²) in [5.74, 6) is -1.91. The maximum Gasteiger partial charge on any atom is 1.00 e. The second kappa shape index (κ2) is 8.97. The number of hydrogen-bond donors (Lipinski definition) is 0. The van der Waals surface area contributed by atoms with Gasteiger partial charge in [-0.3, -0.25) is 0 Å².